The van der Waals surface area contributed by atoms with Crippen LogP contribution in [0.2, 0.25) is 0 Å². The molecule has 0 spiro atoms. The topological polar surface area (TPSA) is 20.3 Å². The molecule has 1 aliphatic rings. The lowest BCUT2D eigenvalue weighted by atomic mass is 9.94. The van der Waals surface area contributed by atoms with Crippen LogP contribution < -0.4 is 0 Å². The SMILES string of the molecule is O=C(CSc1ccc(F)cc1)N1CCCCC(c2ccc(F)cc2)C1. The van der Waals surface area contributed by atoms with Crippen LogP contribution in [-0.4, -0.2) is 29.6 Å². The first kappa shape index (κ1) is 17.9. The van der Waals surface area contributed by atoms with Gasteiger partial charge in [0.1, 0.15) is 11.6 Å². The van der Waals surface area contributed by atoms with Gasteiger partial charge in [-0.05, 0) is 54.8 Å². The highest BCUT2D eigenvalue weighted by Gasteiger charge is 2.23. The first-order chi connectivity index (χ1) is 12.1. The van der Waals surface area contributed by atoms with Crippen molar-refractivity contribution in [2.75, 3.05) is 18.8 Å². The molecule has 2 aromatic carbocycles. The van der Waals surface area contributed by atoms with E-state index in [9.17, 15) is 13.6 Å². The van der Waals surface area contributed by atoms with E-state index in [1.165, 1.54) is 36.0 Å². The zero-order chi connectivity index (χ0) is 17.6. The molecule has 0 aliphatic carbocycles. The maximum Gasteiger partial charge on any atom is 0.232 e. The molecule has 1 amide bonds. The van der Waals surface area contributed by atoms with Crippen molar-refractivity contribution in [2.24, 2.45) is 0 Å². The smallest absolute Gasteiger partial charge is 0.232 e. The number of halogens is 2. The van der Waals surface area contributed by atoms with E-state index in [0.717, 1.165) is 36.3 Å². The molecule has 132 valence electrons. The number of thioether (sulfide) groups is 1. The standard InChI is InChI=1S/C20H21F2NOS/c21-17-6-4-15(5-7-17)16-3-1-2-12-23(13-16)20(24)14-25-19-10-8-18(22)9-11-19/h4-11,16H,1-3,12-14H2. The highest BCUT2D eigenvalue weighted by Crippen LogP contribution is 2.27. The van der Waals surface area contributed by atoms with Gasteiger partial charge in [0.05, 0.1) is 5.75 Å². The molecule has 0 bridgehead atoms. The molecule has 25 heavy (non-hydrogen) atoms. The number of likely N-dealkylation sites (tertiary alicyclic amines) is 1. The fraction of sp³-hybridized carbons (Fsp3) is 0.350. The summed E-state index contributed by atoms with van der Waals surface area (Å²) >= 11 is 1.43. The van der Waals surface area contributed by atoms with E-state index in [2.05, 4.69) is 0 Å². The average molecular weight is 361 g/mol. The number of hydrogen-bond acceptors (Lipinski definition) is 2. The fourth-order valence-electron chi connectivity index (χ4n) is 3.14. The third-order valence-electron chi connectivity index (χ3n) is 4.54. The summed E-state index contributed by atoms with van der Waals surface area (Å²) in [6, 6.07) is 12.8. The van der Waals surface area contributed by atoms with Gasteiger partial charge < -0.3 is 4.90 Å². The quantitative estimate of drug-likeness (QED) is 0.726. The zero-order valence-electron chi connectivity index (χ0n) is 14.0. The van der Waals surface area contributed by atoms with Crippen LogP contribution in [0.4, 0.5) is 8.78 Å². The minimum absolute atomic E-state index is 0.100. The first-order valence-corrected chi connectivity index (χ1v) is 9.52. The molecule has 0 radical (unpaired) electrons. The molecule has 5 heteroatoms. The third kappa shape index (κ3) is 5.05. The van der Waals surface area contributed by atoms with E-state index in [-0.39, 0.29) is 23.5 Å². The Hall–Kier alpha value is -1.88. The maximum atomic E-state index is 13.1. The first-order valence-electron chi connectivity index (χ1n) is 8.53. The van der Waals surface area contributed by atoms with Crippen LogP contribution in [-0.2, 0) is 4.79 Å². The van der Waals surface area contributed by atoms with Crippen LogP contribution in [0.5, 0.6) is 0 Å². The van der Waals surface area contributed by atoms with Crippen molar-refractivity contribution in [3.63, 3.8) is 0 Å². The number of carbonyl (C=O) groups is 1. The van der Waals surface area contributed by atoms with Gasteiger partial charge in [-0.1, -0.05) is 18.6 Å². The molecule has 0 N–H and O–H groups in total. The van der Waals surface area contributed by atoms with Crippen molar-refractivity contribution in [1.29, 1.82) is 0 Å². The molecule has 3 rings (SSSR count). The van der Waals surface area contributed by atoms with Gasteiger partial charge in [-0.2, -0.15) is 0 Å². The molecule has 2 nitrogen and oxygen atoms in total. The van der Waals surface area contributed by atoms with Gasteiger partial charge >= 0.3 is 0 Å². The van der Waals surface area contributed by atoms with E-state index < -0.39 is 0 Å². The molecule has 1 saturated heterocycles. The number of hydrogen-bond donors (Lipinski definition) is 0. The van der Waals surface area contributed by atoms with Crippen LogP contribution in [0.25, 0.3) is 0 Å². The second-order valence-corrected chi connectivity index (χ2v) is 7.38. The lowest BCUT2D eigenvalue weighted by molar-refractivity contribution is -0.128. The van der Waals surface area contributed by atoms with Gasteiger partial charge in [-0.25, -0.2) is 8.78 Å². The van der Waals surface area contributed by atoms with Gasteiger partial charge in [-0.15, -0.1) is 11.8 Å². The highest BCUT2D eigenvalue weighted by molar-refractivity contribution is 8.00. The Morgan fingerprint density at radius 3 is 2.32 bits per heavy atom. The Morgan fingerprint density at radius 1 is 1.00 bits per heavy atom. The fourth-order valence-corrected chi connectivity index (χ4v) is 3.94. The Bertz CT molecular complexity index is 703. The average Bonchev–Trinajstić information content (AvgIpc) is 2.88. The summed E-state index contributed by atoms with van der Waals surface area (Å²) in [5.41, 5.74) is 1.09. The van der Waals surface area contributed by atoms with Crippen LogP contribution in [0.1, 0.15) is 30.7 Å². The molecule has 1 aliphatic heterocycles. The predicted octanol–water partition coefficient (Wildman–Crippen LogP) is 4.85. The normalized spacial score (nSPS) is 18.0. The predicted molar refractivity (Wildman–Crippen MR) is 96.7 cm³/mol. The second kappa shape index (κ2) is 8.48. The van der Waals surface area contributed by atoms with Crippen LogP contribution in [0, 0.1) is 11.6 Å². The van der Waals surface area contributed by atoms with E-state index >= 15 is 0 Å². The monoisotopic (exact) mass is 361 g/mol. The van der Waals surface area contributed by atoms with Crippen LogP contribution in [0.3, 0.4) is 0 Å². The summed E-state index contributed by atoms with van der Waals surface area (Å²) in [6.07, 6.45) is 3.07. The Labute approximate surface area is 151 Å². The number of rotatable bonds is 4. The van der Waals surface area contributed by atoms with Crippen molar-refractivity contribution in [1.82, 2.24) is 4.90 Å². The summed E-state index contributed by atoms with van der Waals surface area (Å²) in [7, 11) is 0. The molecule has 1 fully saturated rings. The molecule has 0 saturated carbocycles. The maximum absolute atomic E-state index is 13.1. The largest absolute Gasteiger partial charge is 0.341 e. The third-order valence-corrected chi connectivity index (χ3v) is 5.54. The Morgan fingerprint density at radius 2 is 1.64 bits per heavy atom. The van der Waals surface area contributed by atoms with Gasteiger partial charge in [0, 0.05) is 23.9 Å². The van der Waals surface area contributed by atoms with Gasteiger partial charge in [0.15, 0.2) is 0 Å². The van der Waals surface area contributed by atoms with Crippen molar-refractivity contribution in [3.05, 3.63) is 65.7 Å². The highest BCUT2D eigenvalue weighted by atomic mass is 32.2. The molecular formula is C20H21F2NOS. The van der Waals surface area contributed by atoms with Crippen molar-refractivity contribution < 1.29 is 13.6 Å². The lowest BCUT2D eigenvalue weighted by Gasteiger charge is -2.25. The molecule has 2 aromatic rings. The van der Waals surface area contributed by atoms with Crippen LogP contribution in [0.15, 0.2) is 53.4 Å². The number of nitrogens with zero attached hydrogens (tertiary/aromatic N) is 1. The van der Waals surface area contributed by atoms with Gasteiger partial charge in [0.25, 0.3) is 0 Å². The molecule has 1 unspecified atom stereocenters. The summed E-state index contributed by atoms with van der Waals surface area (Å²) in [4.78, 5) is 15.4. The second-order valence-electron chi connectivity index (χ2n) is 6.33. The summed E-state index contributed by atoms with van der Waals surface area (Å²) in [6.45, 7) is 1.44. The van der Waals surface area contributed by atoms with E-state index in [0.29, 0.717) is 12.3 Å². The number of carbonyl (C=O) groups excluding carboxylic acids is 1. The zero-order valence-corrected chi connectivity index (χ0v) is 14.8. The van der Waals surface area contributed by atoms with E-state index in [1.54, 1.807) is 12.1 Å². The molecule has 0 aromatic heterocycles. The van der Waals surface area contributed by atoms with Crippen LogP contribution >= 0.6 is 11.8 Å². The summed E-state index contributed by atoms with van der Waals surface area (Å²) in [5, 5.41) is 0. The lowest BCUT2D eigenvalue weighted by Crippen LogP contribution is -2.35. The van der Waals surface area contributed by atoms with E-state index in [4.69, 9.17) is 0 Å². The minimum atomic E-state index is -0.273. The summed E-state index contributed by atoms with van der Waals surface area (Å²) in [5.74, 6) is 0.194. The Kier molecular flexibility index (Phi) is 6.08. The van der Waals surface area contributed by atoms with Gasteiger partial charge in [-0.3, -0.25) is 4.79 Å². The molecule has 1 atom stereocenters. The van der Waals surface area contributed by atoms with Crippen molar-refractivity contribution in [3.8, 4) is 0 Å². The molecular weight excluding hydrogens is 340 g/mol. The van der Waals surface area contributed by atoms with Crippen molar-refractivity contribution >= 4 is 17.7 Å². The Balaban J connectivity index is 1.60. The van der Waals surface area contributed by atoms with E-state index in [1.807, 2.05) is 17.0 Å². The summed E-state index contributed by atoms with van der Waals surface area (Å²) < 4.78 is 26.1. The number of amides is 1. The minimum Gasteiger partial charge on any atom is -0.341 e. The van der Waals surface area contributed by atoms with Gasteiger partial charge in [0.2, 0.25) is 5.91 Å². The number of benzene rings is 2. The van der Waals surface area contributed by atoms with Crippen molar-refractivity contribution in [2.45, 2.75) is 30.1 Å². The molecule has 1 heterocycles.